The van der Waals surface area contributed by atoms with E-state index in [9.17, 15) is 9.59 Å². The highest BCUT2D eigenvalue weighted by Crippen LogP contribution is 2.60. The maximum atomic E-state index is 12.0. The molecule has 4 saturated carbocycles. The molecule has 4 rings (SSSR count). The van der Waals surface area contributed by atoms with Gasteiger partial charge in [-0.25, -0.2) is 0 Å². The standard InChI is InChI=1S/C16H26N2O2S/c1-18(2)15(20)9-17-14(19)10-21-16-6-11-3-12(7-16)5-13(4-11)8-16/h11-13H,3-10H2,1-2H3,(H,17,19). The lowest BCUT2D eigenvalue weighted by Crippen LogP contribution is -2.49. The summed E-state index contributed by atoms with van der Waals surface area (Å²) in [6.07, 6.45) is 8.24. The molecular weight excluding hydrogens is 284 g/mol. The molecule has 2 amide bonds. The van der Waals surface area contributed by atoms with Crippen LogP contribution < -0.4 is 5.32 Å². The van der Waals surface area contributed by atoms with Crippen molar-refractivity contribution in [1.29, 1.82) is 0 Å². The molecule has 4 aliphatic carbocycles. The van der Waals surface area contributed by atoms with Crippen LogP contribution in [0.1, 0.15) is 38.5 Å². The first-order valence-corrected chi connectivity index (χ1v) is 9.05. The second kappa shape index (κ2) is 5.82. The largest absolute Gasteiger partial charge is 0.347 e. The van der Waals surface area contributed by atoms with Gasteiger partial charge in [-0.3, -0.25) is 9.59 Å². The van der Waals surface area contributed by atoms with Crippen LogP contribution in [0.15, 0.2) is 0 Å². The summed E-state index contributed by atoms with van der Waals surface area (Å²) in [6.45, 7) is 0.118. The summed E-state index contributed by atoms with van der Waals surface area (Å²) < 4.78 is 0.373. The van der Waals surface area contributed by atoms with Crippen molar-refractivity contribution in [1.82, 2.24) is 10.2 Å². The lowest BCUT2D eigenvalue weighted by Gasteiger charge is -2.56. The van der Waals surface area contributed by atoms with Crippen molar-refractivity contribution < 1.29 is 9.59 Å². The molecule has 0 aromatic heterocycles. The zero-order valence-electron chi connectivity index (χ0n) is 13.1. The Balaban J connectivity index is 1.47. The molecule has 0 unspecified atom stereocenters. The summed E-state index contributed by atoms with van der Waals surface area (Å²) in [5, 5.41) is 2.75. The number of nitrogens with zero attached hydrogens (tertiary/aromatic N) is 1. The Labute approximate surface area is 131 Å². The maximum Gasteiger partial charge on any atom is 0.241 e. The van der Waals surface area contributed by atoms with E-state index in [4.69, 9.17) is 0 Å². The molecule has 4 aliphatic rings. The summed E-state index contributed by atoms with van der Waals surface area (Å²) in [6, 6.07) is 0. The third-order valence-corrected chi connectivity index (χ3v) is 6.95. The van der Waals surface area contributed by atoms with Crippen LogP contribution in [0.5, 0.6) is 0 Å². The molecule has 1 N–H and O–H groups in total. The molecule has 0 spiro atoms. The number of carbonyl (C=O) groups excluding carboxylic acids is 2. The van der Waals surface area contributed by atoms with Gasteiger partial charge in [0.1, 0.15) is 0 Å². The average molecular weight is 310 g/mol. The van der Waals surface area contributed by atoms with Gasteiger partial charge in [-0.1, -0.05) is 0 Å². The molecule has 0 heterocycles. The van der Waals surface area contributed by atoms with Crippen molar-refractivity contribution in [3.05, 3.63) is 0 Å². The zero-order valence-corrected chi connectivity index (χ0v) is 13.9. The van der Waals surface area contributed by atoms with Crippen LogP contribution in [0.25, 0.3) is 0 Å². The lowest BCUT2D eigenvalue weighted by molar-refractivity contribution is -0.130. The molecule has 4 bridgehead atoms. The Bertz CT molecular complexity index is 401. The van der Waals surface area contributed by atoms with E-state index in [2.05, 4.69) is 5.32 Å². The van der Waals surface area contributed by atoms with E-state index in [0.29, 0.717) is 10.5 Å². The first kappa shape index (κ1) is 15.2. The van der Waals surface area contributed by atoms with Crippen LogP contribution in [0.4, 0.5) is 0 Å². The first-order valence-electron chi connectivity index (χ1n) is 8.06. The molecule has 118 valence electrons. The molecule has 4 fully saturated rings. The van der Waals surface area contributed by atoms with Crippen molar-refractivity contribution in [2.24, 2.45) is 17.8 Å². The Kier molecular flexibility index (Phi) is 4.21. The summed E-state index contributed by atoms with van der Waals surface area (Å²) in [7, 11) is 3.41. The summed E-state index contributed by atoms with van der Waals surface area (Å²) in [4.78, 5) is 24.9. The lowest BCUT2D eigenvalue weighted by atomic mass is 9.56. The van der Waals surface area contributed by atoms with E-state index in [-0.39, 0.29) is 18.4 Å². The van der Waals surface area contributed by atoms with Crippen molar-refractivity contribution in [3.63, 3.8) is 0 Å². The number of rotatable bonds is 5. The highest BCUT2D eigenvalue weighted by Gasteiger charge is 2.51. The first-order chi connectivity index (χ1) is 9.96. The van der Waals surface area contributed by atoms with E-state index in [1.54, 1.807) is 14.1 Å². The Hall–Kier alpha value is -0.710. The third-order valence-electron chi connectivity index (χ3n) is 5.43. The normalized spacial score (nSPS) is 36.6. The van der Waals surface area contributed by atoms with Crippen molar-refractivity contribution >= 4 is 23.6 Å². The van der Waals surface area contributed by atoms with Crippen molar-refractivity contribution in [3.8, 4) is 0 Å². The van der Waals surface area contributed by atoms with Gasteiger partial charge in [0.15, 0.2) is 0 Å². The molecule has 21 heavy (non-hydrogen) atoms. The van der Waals surface area contributed by atoms with Crippen LogP contribution in [0.3, 0.4) is 0 Å². The summed E-state index contributed by atoms with van der Waals surface area (Å²) >= 11 is 1.87. The SMILES string of the molecule is CN(C)C(=O)CNC(=O)CSC12CC3CC(CC(C3)C1)C2. The van der Waals surface area contributed by atoms with E-state index in [1.807, 2.05) is 11.8 Å². The van der Waals surface area contributed by atoms with E-state index < -0.39 is 0 Å². The Morgan fingerprint density at radius 3 is 2.10 bits per heavy atom. The van der Waals surface area contributed by atoms with Gasteiger partial charge in [0.25, 0.3) is 0 Å². The average Bonchev–Trinajstić information content (AvgIpc) is 2.41. The van der Waals surface area contributed by atoms with Gasteiger partial charge in [-0.15, -0.1) is 11.8 Å². The molecule has 0 atom stereocenters. The minimum atomic E-state index is -0.0526. The summed E-state index contributed by atoms with van der Waals surface area (Å²) in [5.41, 5.74) is 0. The number of amides is 2. The number of likely N-dealkylation sites (N-methyl/N-ethyl adjacent to an activating group) is 1. The number of thioether (sulfide) groups is 1. The van der Waals surface area contributed by atoms with E-state index >= 15 is 0 Å². The second-order valence-electron chi connectivity index (χ2n) is 7.45. The molecule has 0 radical (unpaired) electrons. The van der Waals surface area contributed by atoms with Gasteiger partial charge in [0.05, 0.1) is 12.3 Å². The number of hydrogen-bond acceptors (Lipinski definition) is 3. The van der Waals surface area contributed by atoms with Gasteiger partial charge < -0.3 is 10.2 Å². The number of carbonyl (C=O) groups is 2. The fraction of sp³-hybridized carbons (Fsp3) is 0.875. The molecule has 5 heteroatoms. The van der Waals surface area contributed by atoms with Crippen LogP contribution in [0.2, 0.25) is 0 Å². The predicted molar refractivity (Wildman–Crippen MR) is 85.1 cm³/mol. The topological polar surface area (TPSA) is 49.4 Å². The second-order valence-corrected chi connectivity index (χ2v) is 8.90. The van der Waals surface area contributed by atoms with Gasteiger partial charge in [-0.05, 0) is 56.3 Å². The van der Waals surface area contributed by atoms with Crippen LogP contribution in [-0.4, -0.2) is 47.9 Å². The molecular formula is C16H26N2O2S. The monoisotopic (exact) mass is 310 g/mol. The molecule has 4 nitrogen and oxygen atoms in total. The third kappa shape index (κ3) is 3.38. The van der Waals surface area contributed by atoms with Crippen LogP contribution >= 0.6 is 11.8 Å². The summed E-state index contributed by atoms with van der Waals surface area (Å²) in [5.74, 6) is 3.22. The minimum absolute atomic E-state index is 0.00551. The fourth-order valence-corrected chi connectivity index (χ4v) is 6.41. The Morgan fingerprint density at radius 2 is 1.62 bits per heavy atom. The van der Waals surface area contributed by atoms with Crippen molar-refractivity contribution in [2.45, 2.75) is 43.3 Å². The quantitative estimate of drug-likeness (QED) is 0.844. The van der Waals surface area contributed by atoms with Crippen molar-refractivity contribution in [2.75, 3.05) is 26.4 Å². The molecule has 0 aromatic carbocycles. The number of nitrogens with one attached hydrogen (secondary N) is 1. The van der Waals surface area contributed by atoms with Crippen LogP contribution in [-0.2, 0) is 9.59 Å². The van der Waals surface area contributed by atoms with Crippen LogP contribution in [0, 0.1) is 17.8 Å². The van der Waals surface area contributed by atoms with Gasteiger partial charge in [0.2, 0.25) is 11.8 Å². The zero-order chi connectivity index (χ0) is 15.0. The van der Waals surface area contributed by atoms with E-state index in [1.165, 1.54) is 43.4 Å². The van der Waals surface area contributed by atoms with Gasteiger partial charge in [0, 0.05) is 18.8 Å². The highest BCUT2D eigenvalue weighted by molar-refractivity contribution is 8.01. The number of hydrogen-bond donors (Lipinski definition) is 1. The Morgan fingerprint density at radius 1 is 1.10 bits per heavy atom. The smallest absolute Gasteiger partial charge is 0.241 e. The molecule has 0 aromatic rings. The van der Waals surface area contributed by atoms with E-state index in [0.717, 1.165) is 17.8 Å². The van der Waals surface area contributed by atoms with Gasteiger partial charge in [-0.2, -0.15) is 0 Å². The molecule has 0 aliphatic heterocycles. The highest BCUT2D eigenvalue weighted by atomic mass is 32.2. The van der Waals surface area contributed by atoms with Gasteiger partial charge >= 0.3 is 0 Å². The minimum Gasteiger partial charge on any atom is -0.347 e. The predicted octanol–water partition coefficient (Wildman–Crippen LogP) is 1.89. The maximum absolute atomic E-state index is 12.0. The fourth-order valence-electron chi connectivity index (χ4n) is 4.81. The molecule has 0 saturated heterocycles.